The van der Waals surface area contributed by atoms with Gasteiger partial charge in [-0.05, 0) is 78.1 Å². The maximum absolute atomic E-state index is 13.5. The van der Waals surface area contributed by atoms with Crippen LogP contribution in [0.25, 0.3) is 0 Å². The molecule has 0 saturated carbocycles. The lowest BCUT2D eigenvalue weighted by Gasteiger charge is -2.29. The number of urea groups is 1. The summed E-state index contributed by atoms with van der Waals surface area (Å²) in [6, 6.07) is 15.5. The van der Waals surface area contributed by atoms with Crippen LogP contribution < -0.4 is 5.32 Å². The van der Waals surface area contributed by atoms with Gasteiger partial charge in [-0.15, -0.1) is 23.1 Å². The van der Waals surface area contributed by atoms with E-state index >= 15 is 0 Å². The second-order valence-corrected chi connectivity index (χ2v) is 10.7. The molecule has 1 N–H and O–H groups in total. The molecule has 0 aliphatic rings. The lowest BCUT2D eigenvalue weighted by atomic mass is 10.2. The van der Waals surface area contributed by atoms with Gasteiger partial charge in [-0.3, -0.25) is 4.79 Å². The van der Waals surface area contributed by atoms with E-state index in [0.717, 1.165) is 20.9 Å². The number of halogens is 1. The van der Waals surface area contributed by atoms with Gasteiger partial charge < -0.3 is 15.1 Å². The molecule has 35 heavy (non-hydrogen) atoms. The second kappa shape index (κ2) is 12.7. The largest absolute Gasteiger partial charge is 0.332 e. The van der Waals surface area contributed by atoms with Crippen LogP contribution in [-0.4, -0.2) is 41.1 Å². The van der Waals surface area contributed by atoms with Crippen LogP contribution in [0.2, 0.25) is 0 Å². The fourth-order valence-corrected chi connectivity index (χ4v) is 4.91. The fourth-order valence-electron chi connectivity index (χ4n) is 3.58. The zero-order chi connectivity index (χ0) is 25.4. The minimum atomic E-state index is -0.314. The highest BCUT2D eigenvalue weighted by atomic mass is 32.2. The van der Waals surface area contributed by atoms with E-state index in [-0.39, 0.29) is 30.2 Å². The number of aryl methyl sites for hydroxylation is 1. The Morgan fingerprint density at radius 1 is 1.00 bits per heavy atom. The van der Waals surface area contributed by atoms with Crippen LogP contribution in [0.1, 0.15) is 29.9 Å². The summed E-state index contributed by atoms with van der Waals surface area (Å²) < 4.78 is 13.4. The number of carbonyl (C=O) groups is 2. The zero-order valence-corrected chi connectivity index (χ0v) is 22.2. The summed E-state index contributed by atoms with van der Waals surface area (Å²) >= 11 is 3.23. The van der Waals surface area contributed by atoms with Gasteiger partial charge in [-0.25, -0.2) is 9.18 Å². The zero-order valence-electron chi connectivity index (χ0n) is 20.6. The third-order valence-electron chi connectivity index (χ3n) is 5.48. The van der Waals surface area contributed by atoms with Crippen molar-refractivity contribution in [1.82, 2.24) is 9.80 Å². The van der Waals surface area contributed by atoms with Gasteiger partial charge in [0.25, 0.3) is 0 Å². The molecule has 0 radical (unpaired) electrons. The van der Waals surface area contributed by atoms with Crippen LogP contribution in [-0.2, 0) is 17.9 Å². The molecule has 3 amide bonds. The number of nitrogens with one attached hydrogen (secondary N) is 1. The predicted molar refractivity (Wildman–Crippen MR) is 143 cm³/mol. The van der Waals surface area contributed by atoms with Crippen LogP contribution in [0.4, 0.5) is 14.9 Å². The first kappa shape index (κ1) is 26.8. The van der Waals surface area contributed by atoms with Gasteiger partial charge in [0.05, 0.1) is 6.54 Å². The van der Waals surface area contributed by atoms with Gasteiger partial charge in [0, 0.05) is 28.5 Å². The Labute approximate surface area is 215 Å². The number of carbonyl (C=O) groups excluding carboxylic acids is 2. The lowest BCUT2D eigenvalue weighted by molar-refractivity contribution is -0.133. The van der Waals surface area contributed by atoms with Crippen molar-refractivity contribution in [3.8, 4) is 0 Å². The highest BCUT2D eigenvalue weighted by Crippen LogP contribution is 2.21. The lowest BCUT2D eigenvalue weighted by Crippen LogP contribution is -2.45. The van der Waals surface area contributed by atoms with E-state index in [1.54, 1.807) is 45.0 Å². The molecule has 0 fully saturated rings. The summed E-state index contributed by atoms with van der Waals surface area (Å²) in [7, 11) is 0. The molecule has 0 saturated heterocycles. The molecule has 2 aromatic carbocycles. The van der Waals surface area contributed by atoms with Crippen molar-refractivity contribution in [2.24, 2.45) is 5.92 Å². The first-order valence-corrected chi connectivity index (χ1v) is 13.6. The third kappa shape index (κ3) is 8.11. The van der Waals surface area contributed by atoms with Crippen molar-refractivity contribution in [2.75, 3.05) is 24.7 Å². The minimum Gasteiger partial charge on any atom is -0.332 e. The number of thiophene rings is 1. The number of amides is 3. The van der Waals surface area contributed by atoms with Crippen molar-refractivity contribution >= 4 is 40.7 Å². The van der Waals surface area contributed by atoms with Gasteiger partial charge in [0.2, 0.25) is 5.91 Å². The van der Waals surface area contributed by atoms with E-state index < -0.39 is 0 Å². The van der Waals surface area contributed by atoms with Gasteiger partial charge in [0.1, 0.15) is 12.4 Å². The maximum Gasteiger partial charge on any atom is 0.322 e. The first-order chi connectivity index (χ1) is 16.7. The molecule has 1 aromatic heterocycles. The molecular weight excluding hydrogens is 481 g/mol. The highest BCUT2D eigenvalue weighted by Gasteiger charge is 2.23. The van der Waals surface area contributed by atoms with Crippen LogP contribution in [0.5, 0.6) is 0 Å². The van der Waals surface area contributed by atoms with Crippen LogP contribution in [0.3, 0.4) is 0 Å². The monoisotopic (exact) mass is 513 g/mol. The second-order valence-electron chi connectivity index (χ2n) is 8.84. The Morgan fingerprint density at radius 2 is 1.69 bits per heavy atom. The highest BCUT2D eigenvalue weighted by molar-refractivity contribution is 7.98. The van der Waals surface area contributed by atoms with E-state index in [1.165, 1.54) is 12.1 Å². The van der Waals surface area contributed by atoms with Crippen molar-refractivity contribution in [3.05, 3.63) is 81.8 Å². The first-order valence-electron chi connectivity index (χ1n) is 11.5. The Morgan fingerprint density at radius 3 is 2.26 bits per heavy atom. The van der Waals surface area contributed by atoms with E-state index in [9.17, 15) is 14.0 Å². The molecule has 5 nitrogen and oxygen atoms in total. The summed E-state index contributed by atoms with van der Waals surface area (Å²) in [5.74, 6) is -0.278. The quantitative estimate of drug-likeness (QED) is 0.309. The topological polar surface area (TPSA) is 52.7 Å². The van der Waals surface area contributed by atoms with E-state index in [2.05, 4.69) is 5.32 Å². The van der Waals surface area contributed by atoms with Crippen molar-refractivity contribution in [3.63, 3.8) is 0 Å². The van der Waals surface area contributed by atoms with Crippen LogP contribution in [0.15, 0.2) is 64.9 Å². The smallest absolute Gasteiger partial charge is 0.322 e. The Bertz CT molecular complexity index is 1110. The molecule has 0 spiro atoms. The average Bonchev–Trinajstić information content (AvgIpc) is 3.24. The number of nitrogens with zero attached hydrogens (tertiary/aromatic N) is 2. The molecule has 1 heterocycles. The van der Waals surface area contributed by atoms with Gasteiger partial charge in [0.15, 0.2) is 0 Å². The van der Waals surface area contributed by atoms with E-state index in [4.69, 9.17) is 0 Å². The molecule has 186 valence electrons. The summed E-state index contributed by atoms with van der Waals surface area (Å²) in [4.78, 5) is 32.1. The summed E-state index contributed by atoms with van der Waals surface area (Å²) in [6.07, 6.45) is 2.00. The number of hydrogen-bond acceptors (Lipinski definition) is 4. The Hall–Kier alpha value is -2.84. The van der Waals surface area contributed by atoms with Crippen molar-refractivity contribution < 1.29 is 14.0 Å². The molecule has 0 aliphatic heterocycles. The number of anilines is 1. The molecule has 0 unspecified atom stereocenters. The maximum atomic E-state index is 13.5. The standard InChI is InChI=1S/C27H32FN3O2S2/c1-19(2)15-31(27(33)29-23-9-11-24(34-4)12-10-23)18-26(32)30(17-25-20(3)13-14-35-25)16-21-5-7-22(28)8-6-21/h5-14,19H,15-18H2,1-4H3,(H,29,33). The molecule has 8 heteroatoms. The molecular formula is C27H32FN3O2S2. The SMILES string of the molecule is CSc1ccc(NC(=O)N(CC(=O)N(Cc2ccc(F)cc2)Cc2sccc2C)CC(C)C)cc1. The van der Waals surface area contributed by atoms with Crippen LogP contribution in [0, 0.1) is 18.7 Å². The fraction of sp³-hybridized carbons (Fsp3) is 0.333. The Kier molecular flexibility index (Phi) is 9.74. The average molecular weight is 514 g/mol. The van der Waals surface area contributed by atoms with Crippen molar-refractivity contribution in [1.29, 1.82) is 0 Å². The molecule has 0 aliphatic carbocycles. The van der Waals surface area contributed by atoms with Gasteiger partial charge in [-0.2, -0.15) is 0 Å². The molecule has 0 bridgehead atoms. The Balaban J connectivity index is 1.77. The minimum absolute atomic E-state index is 0.0431. The normalized spacial score (nSPS) is 10.9. The van der Waals surface area contributed by atoms with Gasteiger partial charge >= 0.3 is 6.03 Å². The molecule has 3 rings (SSSR count). The van der Waals surface area contributed by atoms with Crippen molar-refractivity contribution in [2.45, 2.75) is 38.8 Å². The van der Waals surface area contributed by atoms with Gasteiger partial charge in [-0.1, -0.05) is 26.0 Å². The van der Waals surface area contributed by atoms with Crippen LogP contribution >= 0.6 is 23.1 Å². The number of thioether (sulfide) groups is 1. The van der Waals surface area contributed by atoms with E-state index in [1.807, 2.05) is 62.7 Å². The summed E-state index contributed by atoms with van der Waals surface area (Å²) in [6.45, 7) is 7.23. The van der Waals surface area contributed by atoms with E-state index in [0.29, 0.717) is 25.3 Å². The molecule has 0 atom stereocenters. The number of benzene rings is 2. The number of rotatable bonds is 10. The summed E-state index contributed by atoms with van der Waals surface area (Å²) in [5, 5.41) is 4.93. The summed E-state index contributed by atoms with van der Waals surface area (Å²) in [5.41, 5.74) is 2.64. The molecule has 3 aromatic rings. The predicted octanol–water partition coefficient (Wildman–Crippen LogP) is 6.64. The third-order valence-corrected chi connectivity index (χ3v) is 7.23. The number of hydrogen-bond donors (Lipinski definition) is 1.